The summed E-state index contributed by atoms with van der Waals surface area (Å²) in [6, 6.07) is 9.10. The second-order valence-electron chi connectivity index (χ2n) is 8.07. The molecule has 1 saturated heterocycles. The lowest BCUT2D eigenvalue weighted by Gasteiger charge is -2.24. The van der Waals surface area contributed by atoms with Crippen LogP contribution in [0.4, 0.5) is 20.7 Å². The maximum Gasteiger partial charge on any atom is 0.323 e. The summed E-state index contributed by atoms with van der Waals surface area (Å²) in [6.45, 7) is 1.84. The lowest BCUT2D eigenvalue weighted by molar-refractivity contribution is -0.119. The zero-order valence-electron chi connectivity index (χ0n) is 19.0. The van der Waals surface area contributed by atoms with Gasteiger partial charge in [-0.3, -0.25) is 19.5 Å². The predicted octanol–water partition coefficient (Wildman–Crippen LogP) is 3.59. The van der Waals surface area contributed by atoms with Gasteiger partial charge in [0.25, 0.3) is 5.56 Å². The first kappa shape index (κ1) is 24.4. The molecule has 3 heterocycles. The van der Waals surface area contributed by atoms with E-state index in [4.69, 9.17) is 16.3 Å². The molecule has 0 bridgehead atoms. The first-order chi connectivity index (χ1) is 16.8. The lowest BCUT2D eigenvalue weighted by atomic mass is 10.1. The van der Waals surface area contributed by atoms with Crippen LogP contribution in [0.5, 0.6) is 0 Å². The summed E-state index contributed by atoms with van der Waals surface area (Å²) in [5.41, 5.74) is 0.509. The molecule has 0 spiro atoms. The number of nitrogens with zero attached hydrogens (tertiary/aromatic N) is 3. The van der Waals surface area contributed by atoms with Crippen molar-refractivity contribution in [3.8, 4) is 5.69 Å². The third-order valence-electron chi connectivity index (χ3n) is 5.75. The minimum Gasteiger partial charge on any atom is -0.380 e. The number of hydrogen-bond donors (Lipinski definition) is 2. The van der Waals surface area contributed by atoms with E-state index in [1.165, 1.54) is 53.2 Å². The standard InChI is InChI=1S/C24H23ClFN5O4/c1-14-4-3-9-30(23(14)33)16-6-7-19(18(26)10-16)28-22(32)20-11-17(35-2)13-31(20)24(34)29-21-8-5-15(25)12-27-21/h3-10,12,17,20H,11,13H2,1-2H3,(H,28,32)(H,27,29,34)/t17-,20-/m1/s1. The van der Waals surface area contributed by atoms with Gasteiger partial charge >= 0.3 is 6.03 Å². The maximum atomic E-state index is 14.9. The number of aromatic nitrogens is 2. The molecular formula is C24H23ClFN5O4. The number of methoxy groups -OCH3 is 1. The summed E-state index contributed by atoms with van der Waals surface area (Å²) in [5, 5.41) is 5.59. The van der Waals surface area contributed by atoms with Gasteiger partial charge < -0.3 is 15.0 Å². The van der Waals surface area contributed by atoms with Crippen LogP contribution in [0.25, 0.3) is 5.69 Å². The third kappa shape index (κ3) is 5.33. The Morgan fingerprint density at radius 3 is 2.69 bits per heavy atom. The van der Waals surface area contributed by atoms with Crippen LogP contribution in [0.15, 0.2) is 59.7 Å². The number of pyridine rings is 2. The van der Waals surface area contributed by atoms with Crippen LogP contribution in [0.2, 0.25) is 5.02 Å². The Balaban J connectivity index is 1.51. The third-order valence-corrected chi connectivity index (χ3v) is 5.97. The summed E-state index contributed by atoms with van der Waals surface area (Å²) >= 11 is 5.82. The van der Waals surface area contributed by atoms with E-state index in [1.807, 2.05) is 0 Å². The average molecular weight is 500 g/mol. The van der Waals surface area contributed by atoms with Crippen molar-refractivity contribution in [3.63, 3.8) is 0 Å². The fraction of sp³-hybridized carbons (Fsp3) is 0.250. The van der Waals surface area contributed by atoms with Gasteiger partial charge in [-0.1, -0.05) is 17.7 Å². The highest BCUT2D eigenvalue weighted by Crippen LogP contribution is 2.24. The fourth-order valence-electron chi connectivity index (χ4n) is 3.85. The molecule has 0 saturated carbocycles. The Morgan fingerprint density at radius 1 is 1.20 bits per heavy atom. The van der Waals surface area contributed by atoms with E-state index < -0.39 is 23.8 Å². The summed E-state index contributed by atoms with van der Waals surface area (Å²) in [7, 11) is 1.49. The Morgan fingerprint density at radius 2 is 2.00 bits per heavy atom. The number of hydrogen-bond acceptors (Lipinski definition) is 5. The van der Waals surface area contributed by atoms with E-state index in [9.17, 15) is 18.8 Å². The van der Waals surface area contributed by atoms with Crippen LogP contribution in [0.1, 0.15) is 12.0 Å². The highest BCUT2D eigenvalue weighted by Gasteiger charge is 2.40. The molecule has 4 rings (SSSR count). The molecule has 3 amide bonds. The van der Waals surface area contributed by atoms with Crippen molar-refractivity contribution in [2.45, 2.75) is 25.5 Å². The van der Waals surface area contributed by atoms with E-state index in [0.29, 0.717) is 16.3 Å². The number of benzene rings is 1. The normalized spacial score (nSPS) is 17.3. The Bertz CT molecular complexity index is 1310. The minimum atomic E-state index is -0.897. The van der Waals surface area contributed by atoms with Gasteiger partial charge in [0.05, 0.1) is 22.5 Å². The number of anilines is 2. The lowest BCUT2D eigenvalue weighted by Crippen LogP contribution is -2.45. The second-order valence-corrected chi connectivity index (χ2v) is 8.51. The van der Waals surface area contributed by atoms with Crippen molar-refractivity contribution in [1.82, 2.24) is 14.5 Å². The largest absolute Gasteiger partial charge is 0.380 e. The number of urea groups is 1. The van der Waals surface area contributed by atoms with Gasteiger partial charge in [-0.05, 0) is 37.3 Å². The number of carbonyl (C=O) groups excluding carboxylic acids is 2. The minimum absolute atomic E-state index is 0.0694. The molecule has 35 heavy (non-hydrogen) atoms. The number of amides is 3. The number of rotatable bonds is 5. The van der Waals surface area contributed by atoms with Crippen LogP contribution in [0.3, 0.4) is 0 Å². The molecule has 9 nitrogen and oxygen atoms in total. The predicted molar refractivity (Wildman–Crippen MR) is 130 cm³/mol. The molecule has 1 aliphatic heterocycles. The van der Waals surface area contributed by atoms with Crippen LogP contribution in [0, 0.1) is 12.7 Å². The average Bonchev–Trinajstić information content (AvgIpc) is 3.29. The molecule has 2 atom stereocenters. The molecule has 3 aromatic rings. The summed E-state index contributed by atoms with van der Waals surface area (Å²) in [6.07, 6.45) is 2.80. The first-order valence-electron chi connectivity index (χ1n) is 10.8. The van der Waals surface area contributed by atoms with Gasteiger partial charge in [0.2, 0.25) is 5.91 Å². The second kappa shape index (κ2) is 10.2. The van der Waals surface area contributed by atoms with Crippen molar-refractivity contribution in [2.24, 2.45) is 0 Å². The molecular weight excluding hydrogens is 477 g/mol. The zero-order chi connectivity index (χ0) is 25.1. The molecule has 0 radical (unpaired) electrons. The van der Waals surface area contributed by atoms with Crippen molar-refractivity contribution < 1.29 is 18.7 Å². The van der Waals surface area contributed by atoms with E-state index in [0.717, 1.165) is 0 Å². The molecule has 0 unspecified atom stereocenters. The number of halogens is 2. The molecule has 2 aromatic heterocycles. The summed E-state index contributed by atoms with van der Waals surface area (Å²) in [5.74, 6) is -1.01. The van der Waals surface area contributed by atoms with Crippen LogP contribution < -0.4 is 16.2 Å². The molecule has 11 heteroatoms. The summed E-state index contributed by atoms with van der Waals surface area (Å²) in [4.78, 5) is 43.6. The van der Waals surface area contributed by atoms with Crippen molar-refractivity contribution >= 4 is 35.0 Å². The number of carbonyl (C=O) groups is 2. The smallest absolute Gasteiger partial charge is 0.323 e. The van der Waals surface area contributed by atoms with Gasteiger partial charge in [0.15, 0.2) is 0 Å². The Kier molecular flexibility index (Phi) is 7.13. The quantitative estimate of drug-likeness (QED) is 0.558. The number of nitrogens with one attached hydrogen (secondary N) is 2. The Hall–Kier alpha value is -3.76. The van der Waals surface area contributed by atoms with Gasteiger partial charge in [0, 0.05) is 44.1 Å². The zero-order valence-corrected chi connectivity index (χ0v) is 19.8. The van der Waals surface area contributed by atoms with Crippen LogP contribution >= 0.6 is 11.6 Å². The van der Waals surface area contributed by atoms with Crippen molar-refractivity contribution in [3.05, 3.63) is 81.6 Å². The molecule has 2 N–H and O–H groups in total. The number of aryl methyl sites for hydroxylation is 1. The molecule has 1 fully saturated rings. The number of ether oxygens (including phenoxy) is 1. The monoisotopic (exact) mass is 499 g/mol. The molecule has 1 aliphatic rings. The fourth-order valence-corrected chi connectivity index (χ4v) is 3.96. The van der Waals surface area contributed by atoms with Gasteiger partial charge in [0.1, 0.15) is 17.7 Å². The highest BCUT2D eigenvalue weighted by atomic mass is 35.5. The van der Waals surface area contributed by atoms with Crippen molar-refractivity contribution in [2.75, 3.05) is 24.3 Å². The van der Waals surface area contributed by atoms with Gasteiger partial charge in [-0.15, -0.1) is 0 Å². The molecule has 182 valence electrons. The Labute approximate surface area is 205 Å². The van der Waals surface area contributed by atoms with Crippen molar-refractivity contribution in [1.29, 1.82) is 0 Å². The van der Waals surface area contributed by atoms with E-state index in [2.05, 4.69) is 15.6 Å². The van der Waals surface area contributed by atoms with Gasteiger partial charge in [-0.25, -0.2) is 14.2 Å². The summed E-state index contributed by atoms with van der Waals surface area (Å²) < 4.78 is 21.5. The SMILES string of the molecule is CO[C@@H]1C[C@H](C(=O)Nc2ccc(-n3cccc(C)c3=O)cc2F)N(C(=O)Nc2ccc(Cl)cn2)C1. The highest BCUT2D eigenvalue weighted by molar-refractivity contribution is 6.30. The maximum absolute atomic E-state index is 14.9. The topological polar surface area (TPSA) is 106 Å². The van der Waals surface area contributed by atoms with Gasteiger partial charge in [-0.2, -0.15) is 0 Å². The number of likely N-dealkylation sites (tertiary alicyclic amines) is 1. The van der Waals surface area contributed by atoms with E-state index in [-0.39, 0.29) is 36.1 Å². The molecule has 0 aliphatic carbocycles. The molecule has 1 aromatic carbocycles. The van der Waals surface area contributed by atoms with Crippen LogP contribution in [-0.2, 0) is 9.53 Å². The first-order valence-corrected chi connectivity index (χ1v) is 11.2. The van der Waals surface area contributed by atoms with E-state index in [1.54, 1.807) is 25.1 Å². The van der Waals surface area contributed by atoms with Crippen LogP contribution in [-0.4, -0.2) is 52.2 Å². The van der Waals surface area contributed by atoms with E-state index >= 15 is 0 Å².